The van der Waals surface area contributed by atoms with Crippen LogP contribution >= 0.6 is 0 Å². The topological polar surface area (TPSA) is 70.5 Å². The fourth-order valence-electron chi connectivity index (χ4n) is 3.30. The zero-order valence-corrected chi connectivity index (χ0v) is 15.2. The van der Waals surface area contributed by atoms with E-state index in [4.69, 9.17) is 0 Å². The molecule has 2 rings (SSSR count). The Morgan fingerprint density at radius 2 is 2.04 bits per heavy atom. The van der Waals surface area contributed by atoms with Crippen molar-refractivity contribution < 1.29 is 9.59 Å². The summed E-state index contributed by atoms with van der Waals surface area (Å²) in [6.45, 7) is 6.15. The van der Waals surface area contributed by atoms with Gasteiger partial charge in [0.25, 0.3) is 0 Å². The van der Waals surface area contributed by atoms with Crippen molar-refractivity contribution in [1.82, 2.24) is 24.9 Å². The van der Waals surface area contributed by atoms with Crippen LogP contribution in [-0.4, -0.2) is 70.2 Å². The summed E-state index contributed by atoms with van der Waals surface area (Å²) < 4.78 is 1.74. The van der Waals surface area contributed by atoms with E-state index in [0.717, 1.165) is 25.2 Å². The van der Waals surface area contributed by atoms with Gasteiger partial charge in [0.2, 0.25) is 11.8 Å². The van der Waals surface area contributed by atoms with Gasteiger partial charge in [0.05, 0.1) is 12.2 Å². The summed E-state index contributed by atoms with van der Waals surface area (Å²) in [6.07, 6.45) is 5.53. The summed E-state index contributed by atoms with van der Waals surface area (Å²) in [5, 5.41) is 7.17. The number of aromatic nitrogens is 2. The molecule has 1 aromatic rings. The first kappa shape index (κ1) is 18.4. The van der Waals surface area contributed by atoms with Gasteiger partial charge in [0.1, 0.15) is 0 Å². The Morgan fingerprint density at radius 3 is 2.62 bits per heavy atom. The normalized spacial score (nSPS) is 21.0. The highest BCUT2D eigenvalue weighted by Crippen LogP contribution is 2.18. The zero-order valence-electron chi connectivity index (χ0n) is 15.2. The van der Waals surface area contributed by atoms with Crippen LogP contribution in [0.5, 0.6) is 0 Å². The molecular weight excluding hydrogens is 306 g/mol. The molecule has 2 amide bonds. The maximum atomic E-state index is 12.5. The maximum absolute atomic E-state index is 12.5. The van der Waals surface area contributed by atoms with Crippen LogP contribution in [0.25, 0.3) is 0 Å². The number of carbonyl (C=O) groups is 2. The molecule has 1 saturated heterocycles. The van der Waals surface area contributed by atoms with Crippen molar-refractivity contribution in [2.24, 2.45) is 7.05 Å². The van der Waals surface area contributed by atoms with Gasteiger partial charge in [-0.2, -0.15) is 5.10 Å². The Bertz CT molecular complexity index is 567. The SMILES string of the molecule is CCN(CC)C(=O)[C@@H]1C[C@@H](NC(=O)CCc2cnn(C)c2)CN1C. The van der Waals surface area contributed by atoms with Crippen LogP contribution in [-0.2, 0) is 23.1 Å². The van der Waals surface area contributed by atoms with Crippen molar-refractivity contribution in [3.63, 3.8) is 0 Å². The van der Waals surface area contributed by atoms with E-state index < -0.39 is 0 Å². The zero-order chi connectivity index (χ0) is 17.7. The number of hydrogen-bond donors (Lipinski definition) is 1. The van der Waals surface area contributed by atoms with Crippen molar-refractivity contribution >= 4 is 11.8 Å². The lowest BCUT2D eigenvalue weighted by Crippen LogP contribution is -2.44. The van der Waals surface area contributed by atoms with Gasteiger partial charge in [0.15, 0.2) is 0 Å². The molecule has 7 nitrogen and oxygen atoms in total. The molecule has 7 heteroatoms. The van der Waals surface area contributed by atoms with Crippen LogP contribution in [0, 0.1) is 0 Å². The second-order valence-electron chi connectivity index (χ2n) is 6.49. The number of nitrogens with zero attached hydrogens (tertiary/aromatic N) is 4. The van der Waals surface area contributed by atoms with Crippen LogP contribution in [0.15, 0.2) is 12.4 Å². The molecule has 0 radical (unpaired) electrons. The van der Waals surface area contributed by atoms with E-state index in [1.165, 1.54) is 0 Å². The molecule has 1 aliphatic rings. The van der Waals surface area contributed by atoms with Crippen LogP contribution < -0.4 is 5.32 Å². The lowest BCUT2D eigenvalue weighted by atomic mass is 10.1. The smallest absolute Gasteiger partial charge is 0.239 e. The molecule has 1 N–H and O–H groups in total. The maximum Gasteiger partial charge on any atom is 0.239 e. The van der Waals surface area contributed by atoms with E-state index in [1.54, 1.807) is 10.9 Å². The molecule has 1 aromatic heterocycles. The van der Waals surface area contributed by atoms with E-state index in [1.807, 2.05) is 43.9 Å². The van der Waals surface area contributed by atoms with Gasteiger partial charge >= 0.3 is 0 Å². The number of likely N-dealkylation sites (N-methyl/N-ethyl adjacent to an activating group) is 2. The van der Waals surface area contributed by atoms with Crippen LogP contribution in [0.1, 0.15) is 32.3 Å². The van der Waals surface area contributed by atoms with Crippen molar-refractivity contribution in [2.75, 3.05) is 26.7 Å². The molecule has 0 aromatic carbocycles. The highest BCUT2D eigenvalue weighted by Gasteiger charge is 2.36. The molecule has 1 aliphatic heterocycles. The number of hydrogen-bond acceptors (Lipinski definition) is 4. The summed E-state index contributed by atoms with van der Waals surface area (Å²) in [5.74, 6) is 0.197. The van der Waals surface area contributed by atoms with E-state index >= 15 is 0 Å². The summed E-state index contributed by atoms with van der Waals surface area (Å²) in [4.78, 5) is 28.6. The van der Waals surface area contributed by atoms with Crippen molar-refractivity contribution in [2.45, 2.75) is 45.2 Å². The molecule has 0 saturated carbocycles. The Morgan fingerprint density at radius 1 is 1.33 bits per heavy atom. The van der Waals surface area contributed by atoms with Gasteiger partial charge < -0.3 is 10.2 Å². The van der Waals surface area contributed by atoms with Crippen molar-refractivity contribution in [3.8, 4) is 0 Å². The number of carbonyl (C=O) groups excluding carboxylic acids is 2. The Hall–Kier alpha value is -1.89. The van der Waals surface area contributed by atoms with Gasteiger partial charge in [-0.25, -0.2) is 0 Å². The minimum Gasteiger partial charge on any atom is -0.352 e. The molecule has 0 unspecified atom stereocenters. The number of aryl methyl sites for hydroxylation is 2. The molecule has 0 bridgehead atoms. The molecule has 2 heterocycles. The molecule has 134 valence electrons. The first-order valence-corrected chi connectivity index (χ1v) is 8.70. The molecular formula is C17H29N5O2. The minimum absolute atomic E-state index is 0.0354. The van der Waals surface area contributed by atoms with E-state index in [-0.39, 0.29) is 23.9 Å². The fourth-order valence-corrected chi connectivity index (χ4v) is 3.30. The Balaban J connectivity index is 1.81. The molecule has 24 heavy (non-hydrogen) atoms. The molecule has 0 spiro atoms. The Kier molecular flexibility index (Phi) is 6.36. The van der Waals surface area contributed by atoms with Crippen LogP contribution in [0.3, 0.4) is 0 Å². The third-order valence-electron chi connectivity index (χ3n) is 4.67. The summed E-state index contributed by atoms with van der Waals surface area (Å²) >= 11 is 0. The first-order chi connectivity index (χ1) is 11.4. The number of rotatable bonds is 7. The summed E-state index contributed by atoms with van der Waals surface area (Å²) in [7, 11) is 3.82. The van der Waals surface area contributed by atoms with Gasteiger partial charge in [-0.3, -0.25) is 19.2 Å². The highest BCUT2D eigenvalue weighted by atomic mass is 16.2. The third kappa shape index (κ3) is 4.56. The number of nitrogens with one attached hydrogen (secondary N) is 1. The minimum atomic E-state index is -0.131. The quantitative estimate of drug-likeness (QED) is 0.783. The van der Waals surface area contributed by atoms with Crippen LogP contribution in [0.4, 0.5) is 0 Å². The van der Waals surface area contributed by atoms with Gasteiger partial charge in [-0.15, -0.1) is 0 Å². The third-order valence-corrected chi connectivity index (χ3v) is 4.67. The summed E-state index contributed by atoms with van der Waals surface area (Å²) in [5.41, 5.74) is 1.06. The predicted octanol–water partition coefficient (Wildman–Crippen LogP) is 0.410. The molecule has 0 aliphatic carbocycles. The van der Waals surface area contributed by atoms with Crippen LogP contribution in [0.2, 0.25) is 0 Å². The standard InChI is InChI=1S/C17H29N5O2/c1-5-22(6-2)17(24)15-9-14(12-20(15)3)19-16(23)8-7-13-10-18-21(4)11-13/h10-11,14-15H,5-9,12H2,1-4H3,(H,19,23)/t14-,15+/m1/s1. The second-order valence-corrected chi connectivity index (χ2v) is 6.49. The van der Waals surface area contributed by atoms with Gasteiger partial charge in [-0.05, 0) is 39.3 Å². The first-order valence-electron chi connectivity index (χ1n) is 8.70. The molecule has 2 atom stereocenters. The van der Waals surface area contributed by atoms with E-state index in [0.29, 0.717) is 19.3 Å². The second kappa shape index (κ2) is 8.28. The predicted molar refractivity (Wildman–Crippen MR) is 92.4 cm³/mol. The lowest BCUT2D eigenvalue weighted by molar-refractivity contribution is -0.135. The highest BCUT2D eigenvalue weighted by molar-refractivity contribution is 5.82. The summed E-state index contributed by atoms with van der Waals surface area (Å²) in [6, 6.07) is -0.0885. The average Bonchev–Trinajstić information content (AvgIpc) is 3.12. The number of amides is 2. The van der Waals surface area contributed by atoms with Gasteiger partial charge in [-0.1, -0.05) is 0 Å². The monoisotopic (exact) mass is 335 g/mol. The average molecular weight is 335 g/mol. The molecule has 1 fully saturated rings. The largest absolute Gasteiger partial charge is 0.352 e. The van der Waals surface area contributed by atoms with Crippen molar-refractivity contribution in [3.05, 3.63) is 18.0 Å². The van der Waals surface area contributed by atoms with Gasteiger partial charge in [0, 0.05) is 45.3 Å². The van der Waals surface area contributed by atoms with E-state index in [2.05, 4.69) is 10.4 Å². The van der Waals surface area contributed by atoms with Crippen molar-refractivity contribution in [1.29, 1.82) is 0 Å². The fraction of sp³-hybridized carbons (Fsp3) is 0.706. The lowest BCUT2D eigenvalue weighted by Gasteiger charge is -2.26. The Labute approximate surface area is 144 Å². The van der Waals surface area contributed by atoms with E-state index in [9.17, 15) is 9.59 Å². The number of likely N-dealkylation sites (tertiary alicyclic amines) is 1.